The van der Waals surface area contributed by atoms with Gasteiger partial charge in [-0.2, -0.15) is 0 Å². The first-order valence-electron chi connectivity index (χ1n) is 4.47. The van der Waals surface area contributed by atoms with E-state index in [4.69, 9.17) is 5.11 Å². The van der Waals surface area contributed by atoms with Crippen LogP contribution in [0.1, 0.15) is 21.5 Å². The minimum absolute atomic E-state index is 0.122. The highest BCUT2D eigenvalue weighted by atomic mass is 16.5. The first-order chi connectivity index (χ1) is 6.69. The number of methoxy groups -OCH3 is 1. The van der Waals surface area contributed by atoms with E-state index < -0.39 is 0 Å². The molecule has 0 unspecified atom stereocenters. The fraction of sp³-hybridized carbons (Fsp3) is 0.364. The number of aliphatic hydroxyl groups excluding tert-OH is 1. The van der Waals surface area contributed by atoms with Crippen molar-refractivity contribution in [3.8, 4) is 0 Å². The van der Waals surface area contributed by atoms with Crippen LogP contribution in [0.4, 0.5) is 0 Å². The highest BCUT2D eigenvalue weighted by molar-refractivity contribution is 5.90. The molecule has 1 N–H and O–H groups in total. The number of rotatable bonds is 3. The van der Waals surface area contributed by atoms with Crippen LogP contribution in [0.15, 0.2) is 18.2 Å². The Bertz CT molecular complexity index is 331. The van der Waals surface area contributed by atoms with E-state index in [0.717, 1.165) is 11.1 Å². The maximum absolute atomic E-state index is 11.2. The molecule has 3 nitrogen and oxygen atoms in total. The minimum Gasteiger partial charge on any atom is -0.465 e. The lowest BCUT2D eigenvalue weighted by atomic mass is 10.0. The molecule has 3 heteroatoms. The molecule has 0 aromatic heterocycles. The van der Waals surface area contributed by atoms with Gasteiger partial charge in [-0.1, -0.05) is 12.1 Å². The van der Waals surface area contributed by atoms with Crippen molar-refractivity contribution >= 4 is 5.97 Å². The van der Waals surface area contributed by atoms with Crippen molar-refractivity contribution in [3.63, 3.8) is 0 Å². The van der Waals surface area contributed by atoms with E-state index in [1.807, 2.05) is 19.1 Å². The number of benzene rings is 1. The summed E-state index contributed by atoms with van der Waals surface area (Å²) in [4.78, 5) is 11.2. The highest BCUT2D eigenvalue weighted by Gasteiger charge is 2.08. The molecular formula is C11H14O3. The van der Waals surface area contributed by atoms with Gasteiger partial charge in [0, 0.05) is 6.61 Å². The molecule has 14 heavy (non-hydrogen) atoms. The number of ether oxygens (including phenoxy) is 1. The Morgan fingerprint density at radius 3 is 2.71 bits per heavy atom. The van der Waals surface area contributed by atoms with Gasteiger partial charge in [0.2, 0.25) is 0 Å². The average Bonchev–Trinajstić information content (AvgIpc) is 2.17. The third kappa shape index (κ3) is 2.33. The Labute approximate surface area is 83.3 Å². The predicted octanol–water partition coefficient (Wildman–Crippen LogP) is 1.32. The van der Waals surface area contributed by atoms with Gasteiger partial charge in [-0.3, -0.25) is 0 Å². The van der Waals surface area contributed by atoms with E-state index in [1.165, 1.54) is 7.11 Å². The summed E-state index contributed by atoms with van der Waals surface area (Å²) < 4.78 is 4.63. The zero-order chi connectivity index (χ0) is 10.6. The van der Waals surface area contributed by atoms with Crippen molar-refractivity contribution in [2.45, 2.75) is 13.3 Å². The van der Waals surface area contributed by atoms with Crippen LogP contribution in [-0.4, -0.2) is 24.8 Å². The molecule has 1 aromatic rings. The summed E-state index contributed by atoms with van der Waals surface area (Å²) in [6, 6.07) is 5.45. The summed E-state index contributed by atoms with van der Waals surface area (Å²) in [6.45, 7) is 1.98. The summed E-state index contributed by atoms with van der Waals surface area (Å²) >= 11 is 0. The Morgan fingerprint density at radius 2 is 2.21 bits per heavy atom. The van der Waals surface area contributed by atoms with Gasteiger partial charge in [0.15, 0.2) is 0 Å². The summed E-state index contributed by atoms with van der Waals surface area (Å²) in [5, 5.41) is 8.74. The molecular weight excluding hydrogens is 180 g/mol. The third-order valence-electron chi connectivity index (χ3n) is 2.10. The molecule has 0 saturated carbocycles. The Balaban J connectivity index is 2.95. The Hall–Kier alpha value is -1.35. The molecule has 1 aromatic carbocycles. The molecule has 0 heterocycles. The summed E-state index contributed by atoms with van der Waals surface area (Å²) in [5.41, 5.74) is 2.48. The SMILES string of the molecule is COC(=O)c1ccc(CCO)cc1C. The lowest BCUT2D eigenvalue weighted by Gasteiger charge is -2.05. The van der Waals surface area contributed by atoms with Crippen molar-refractivity contribution < 1.29 is 14.6 Å². The summed E-state index contributed by atoms with van der Waals surface area (Å²) in [7, 11) is 1.36. The van der Waals surface area contributed by atoms with Crippen LogP contribution in [-0.2, 0) is 11.2 Å². The van der Waals surface area contributed by atoms with Crippen LogP contribution in [0.5, 0.6) is 0 Å². The van der Waals surface area contributed by atoms with Crippen molar-refractivity contribution in [3.05, 3.63) is 34.9 Å². The number of carbonyl (C=O) groups excluding carboxylic acids is 1. The first kappa shape index (κ1) is 10.7. The van der Waals surface area contributed by atoms with Crippen LogP contribution >= 0.6 is 0 Å². The van der Waals surface area contributed by atoms with Crippen molar-refractivity contribution in [1.82, 2.24) is 0 Å². The number of hydrogen-bond acceptors (Lipinski definition) is 3. The number of hydrogen-bond donors (Lipinski definition) is 1. The molecule has 76 valence electrons. The molecule has 0 bridgehead atoms. The standard InChI is InChI=1S/C11H14O3/c1-8-7-9(5-6-12)3-4-10(8)11(13)14-2/h3-4,7,12H,5-6H2,1-2H3. The third-order valence-corrected chi connectivity index (χ3v) is 2.10. The van der Waals surface area contributed by atoms with Crippen molar-refractivity contribution in [2.24, 2.45) is 0 Å². The van der Waals surface area contributed by atoms with E-state index in [9.17, 15) is 4.79 Å². The molecule has 0 aliphatic rings. The number of aliphatic hydroxyl groups is 1. The van der Waals surface area contributed by atoms with E-state index in [2.05, 4.69) is 4.74 Å². The van der Waals surface area contributed by atoms with Crippen LogP contribution < -0.4 is 0 Å². The van der Waals surface area contributed by atoms with E-state index >= 15 is 0 Å². The van der Waals surface area contributed by atoms with Gasteiger partial charge < -0.3 is 9.84 Å². The van der Waals surface area contributed by atoms with Crippen molar-refractivity contribution in [2.75, 3.05) is 13.7 Å². The zero-order valence-corrected chi connectivity index (χ0v) is 8.41. The van der Waals surface area contributed by atoms with Crippen LogP contribution in [0.3, 0.4) is 0 Å². The van der Waals surface area contributed by atoms with Gasteiger partial charge in [0.1, 0.15) is 0 Å². The average molecular weight is 194 g/mol. The first-order valence-corrected chi connectivity index (χ1v) is 4.47. The predicted molar refractivity (Wildman–Crippen MR) is 53.3 cm³/mol. The number of esters is 1. The molecule has 0 aliphatic carbocycles. The van der Waals surface area contributed by atoms with E-state index in [1.54, 1.807) is 6.07 Å². The van der Waals surface area contributed by atoms with Gasteiger partial charge >= 0.3 is 5.97 Å². The van der Waals surface area contributed by atoms with Crippen LogP contribution in [0.2, 0.25) is 0 Å². The molecule has 0 atom stereocenters. The molecule has 0 amide bonds. The summed E-state index contributed by atoms with van der Waals surface area (Å²) in [5.74, 6) is -0.321. The van der Waals surface area contributed by atoms with Gasteiger partial charge in [-0.05, 0) is 30.5 Å². The molecule has 0 fully saturated rings. The van der Waals surface area contributed by atoms with Crippen molar-refractivity contribution in [1.29, 1.82) is 0 Å². The molecule has 0 aliphatic heterocycles. The molecule has 0 radical (unpaired) electrons. The second-order valence-corrected chi connectivity index (χ2v) is 3.11. The smallest absolute Gasteiger partial charge is 0.338 e. The second-order valence-electron chi connectivity index (χ2n) is 3.11. The normalized spacial score (nSPS) is 9.93. The van der Waals surface area contributed by atoms with Gasteiger partial charge in [0.25, 0.3) is 0 Å². The fourth-order valence-corrected chi connectivity index (χ4v) is 1.35. The summed E-state index contributed by atoms with van der Waals surface area (Å²) in [6.07, 6.45) is 0.613. The van der Waals surface area contributed by atoms with E-state index in [0.29, 0.717) is 12.0 Å². The quantitative estimate of drug-likeness (QED) is 0.738. The van der Waals surface area contributed by atoms with E-state index in [-0.39, 0.29) is 12.6 Å². The fourth-order valence-electron chi connectivity index (χ4n) is 1.35. The zero-order valence-electron chi connectivity index (χ0n) is 8.41. The monoisotopic (exact) mass is 194 g/mol. The van der Waals surface area contributed by atoms with Crippen LogP contribution in [0.25, 0.3) is 0 Å². The molecule has 1 rings (SSSR count). The molecule has 0 saturated heterocycles. The number of aryl methyl sites for hydroxylation is 1. The van der Waals surface area contributed by atoms with Gasteiger partial charge in [-0.25, -0.2) is 4.79 Å². The second kappa shape index (κ2) is 4.77. The Morgan fingerprint density at radius 1 is 1.50 bits per heavy atom. The van der Waals surface area contributed by atoms with Gasteiger partial charge in [-0.15, -0.1) is 0 Å². The van der Waals surface area contributed by atoms with Gasteiger partial charge in [0.05, 0.1) is 12.7 Å². The lowest BCUT2D eigenvalue weighted by Crippen LogP contribution is -2.04. The largest absolute Gasteiger partial charge is 0.465 e. The minimum atomic E-state index is -0.321. The lowest BCUT2D eigenvalue weighted by molar-refractivity contribution is 0.0600. The maximum Gasteiger partial charge on any atom is 0.338 e. The molecule has 0 spiro atoms. The Kier molecular flexibility index (Phi) is 3.65. The van der Waals surface area contributed by atoms with Crippen LogP contribution in [0, 0.1) is 6.92 Å². The maximum atomic E-state index is 11.2. The topological polar surface area (TPSA) is 46.5 Å². The highest BCUT2D eigenvalue weighted by Crippen LogP contribution is 2.12. The number of carbonyl (C=O) groups is 1.